The topological polar surface area (TPSA) is 90.7 Å². The number of amides is 1. The van der Waals surface area contributed by atoms with Gasteiger partial charge in [-0.1, -0.05) is 25.1 Å². The fourth-order valence-corrected chi connectivity index (χ4v) is 5.95. The van der Waals surface area contributed by atoms with Crippen LogP contribution in [0.5, 0.6) is 0 Å². The highest BCUT2D eigenvalue weighted by molar-refractivity contribution is 7.92. The second-order valence-corrected chi connectivity index (χ2v) is 12.5. The van der Waals surface area contributed by atoms with Crippen LogP contribution in [0.15, 0.2) is 42.5 Å². The van der Waals surface area contributed by atoms with Crippen molar-refractivity contribution in [2.75, 3.05) is 23.1 Å². The Morgan fingerprint density at radius 3 is 2.38 bits per heavy atom. The first-order chi connectivity index (χ1) is 17.4. The van der Waals surface area contributed by atoms with Crippen molar-refractivity contribution < 1.29 is 22.3 Å². The minimum Gasteiger partial charge on any atom is -0.444 e. The molecular formula is C28H36FN3O4S. The molecule has 0 aliphatic carbocycles. The summed E-state index contributed by atoms with van der Waals surface area (Å²) in [6, 6.07) is 13.2. The van der Waals surface area contributed by atoms with Crippen molar-refractivity contribution in [1.29, 1.82) is 5.26 Å². The van der Waals surface area contributed by atoms with Gasteiger partial charge in [0.1, 0.15) is 11.4 Å². The number of nitrogens with zero attached hydrogens (tertiary/aromatic N) is 3. The van der Waals surface area contributed by atoms with E-state index in [2.05, 4.69) is 6.07 Å². The monoisotopic (exact) mass is 529 g/mol. The third kappa shape index (κ3) is 7.93. The van der Waals surface area contributed by atoms with Crippen LogP contribution in [0.25, 0.3) is 0 Å². The Bertz CT molecular complexity index is 1230. The summed E-state index contributed by atoms with van der Waals surface area (Å²) in [5, 5.41) is 9.87. The van der Waals surface area contributed by atoms with E-state index < -0.39 is 15.6 Å². The highest BCUT2D eigenvalue weighted by Gasteiger charge is 2.28. The van der Waals surface area contributed by atoms with Crippen LogP contribution in [0.4, 0.5) is 14.9 Å². The molecule has 1 fully saturated rings. The molecule has 0 bridgehead atoms. The molecular weight excluding hydrogens is 493 g/mol. The molecule has 0 radical (unpaired) electrons. The number of ether oxygens (including phenoxy) is 1. The number of likely N-dealkylation sites (tertiary alicyclic amines) is 1. The Morgan fingerprint density at radius 2 is 1.81 bits per heavy atom. The summed E-state index contributed by atoms with van der Waals surface area (Å²) in [5.74, 6) is -0.121. The maximum atomic E-state index is 13.4. The molecule has 9 heteroatoms. The number of sulfonamides is 1. The zero-order valence-electron chi connectivity index (χ0n) is 22.0. The molecule has 0 unspecified atom stereocenters. The van der Waals surface area contributed by atoms with Gasteiger partial charge in [-0.25, -0.2) is 17.6 Å². The average Bonchev–Trinajstić information content (AvgIpc) is 2.83. The minimum atomic E-state index is -3.65. The number of rotatable bonds is 8. The van der Waals surface area contributed by atoms with Crippen LogP contribution in [0.1, 0.15) is 63.6 Å². The lowest BCUT2D eigenvalue weighted by molar-refractivity contribution is 0.0184. The van der Waals surface area contributed by atoms with Gasteiger partial charge in [0, 0.05) is 13.1 Å². The lowest BCUT2D eigenvalue weighted by Gasteiger charge is -2.33. The molecule has 0 N–H and O–H groups in total. The van der Waals surface area contributed by atoms with Gasteiger partial charge >= 0.3 is 6.09 Å². The number of hydrogen-bond donors (Lipinski definition) is 0. The van der Waals surface area contributed by atoms with E-state index in [1.807, 2.05) is 26.8 Å². The van der Waals surface area contributed by atoms with Crippen molar-refractivity contribution >= 4 is 21.8 Å². The molecule has 200 valence electrons. The van der Waals surface area contributed by atoms with E-state index in [-0.39, 0.29) is 24.2 Å². The highest BCUT2D eigenvalue weighted by atomic mass is 32.2. The van der Waals surface area contributed by atoms with Crippen molar-refractivity contribution in [1.82, 2.24) is 4.90 Å². The number of hydrogen-bond acceptors (Lipinski definition) is 5. The molecule has 1 aliphatic heterocycles. The van der Waals surface area contributed by atoms with Gasteiger partial charge in [0.25, 0.3) is 0 Å². The molecule has 2 aromatic rings. The Labute approximate surface area is 219 Å². The van der Waals surface area contributed by atoms with Gasteiger partial charge in [0.2, 0.25) is 10.0 Å². The van der Waals surface area contributed by atoms with Gasteiger partial charge in [-0.05, 0) is 87.8 Å². The third-order valence-corrected chi connectivity index (χ3v) is 8.25. The summed E-state index contributed by atoms with van der Waals surface area (Å²) in [5.41, 5.74) is 1.82. The molecule has 1 saturated heterocycles. The molecule has 1 amide bonds. The SMILES string of the molecule is CCCS(=O)(=O)N(Cc1ccc(F)cc1)c1ccc(CC2CCN(C(=O)OC(C)(C)C)CC2)c(C#N)c1. The Kier molecular flexibility index (Phi) is 9.19. The standard InChI is InChI=1S/C28H36FN3O4S/c1-5-16-37(34,35)32(20-22-6-9-25(29)10-7-22)26-11-8-23(24(18-26)19-30)17-21-12-14-31(15-13-21)27(33)36-28(2,3)4/h6-11,18,21H,5,12-17,20H2,1-4H3. The number of benzene rings is 2. The summed E-state index contributed by atoms with van der Waals surface area (Å²) >= 11 is 0. The lowest BCUT2D eigenvalue weighted by atomic mass is 9.88. The van der Waals surface area contributed by atoms with E-state index in [1.165, 1.54) is 16.4 Å². The van der Waals surface area contributed by atoms with E-state index in [1.54, 1.807) is 36.1 Å². The van der Waals surface area contributed by atoms with Gasteiger partial charge in [-0.3, -0.25) is 4.31 Å². The van der Waals surface area contributed by atoms with Crippen molar-refractivity contribution in [3.8, 4) is 6.07 Å². The zero-order chi connectivity index (χ0) is 27.2. The van der Waals surface area contributed by atoms with Crippen molar-refractivity contribution in [3.05, 3.63) is 65.0 Å². The summed E-state index contributed by atoms with van der Waals surface area (Å²) in [7, 11) is -3.65. The molecule has 37 heavy (non-hydrogen) atoms. The van der Waals surface area contributed by atoms with Crippen LogP contribution in [0.3, 0.4) is 0 Å². The molecule has 0 saturated carbocycles. The third-order valence-electron chi connectivity index (χ3n) is 6.31. The first-order valence-corrected chi connectivity index (χ1v) is 14.3. The second-order valence-electron chi connectivity index (χ2n) is 10.5. The normalized spacial score (nSPS) is 14.8. The van der Waals surface area contributed by atoms with Gasteiger partial charge in [0.05, 0.1) is 29.6 Å². The number of carbonyl (C=O) groups excluding carboxylic acids is 1. The van der Waals surface area contributed by atoms with E-state index in [0.29, 0.717) is 48.7 Å². The van der Waals surface area contributed by atoms with E-state index in [4.69, 9.17) is 4.74 Å². The van der Waals surface area contributed by atoms with Crippen molar-refractivity contribution in [3.63, 3.8) is 0 Å². The predicted molar refractivity (Wildman–Crippen MR) is 142 cm³/mol. The minimum absolute atomic E-state index is 0.0337. The summed E-state index contributed by atoms with van der Waals surface area (Å²) in [4.78, 5) is 14.1. The van der Waals surface area contributed by atoms with Crippen molar-refractivity contribution in [2.24, 2.45) is 5.92 Å². The molecule has 1 aliphatic rings. The van der Waals surface area contributed by atoms with Gasteiger partial charge in [-0.2, -0.15) is 5.26 Å². The quantitative estimate of drug-likeness (QED) is 0.442. The number of piperidine rings is 1. The van der Waals surface area contributed by atoms with Gasteiger partial charge in [-0.15, -0.1) is 0 Å². The lowest BCUT2D eigenvalue weighted by Crippen LogP contribution is -2.42. The first-order valence-electron chi connectivity index (χ1n) is 12.7. The summed E-state index contributed by atoms with van der Waals surface area (Å²) in [6.45, 7) is 8.58. The van der Waals surface area contributed by atoms with E-state index >= 15 is 0 Å². The highest BCUT2D eigenvalue weighted by Crippen LogP contribution is 2.29. The molecule has 7 nitrogen and oxygen atoms in total. The predicted octanol–water partition coefficient (Wildman–Crippen LogP) is 5.63. The Balaban J connectivity index is 1.76. The number of carbonyl (C=O) groups is 1. The fourth-order valence-electron chi connectivity index (χ4n) is 4.43. The molecule has 2 aromatic carbocycles. The molecule has 0 atom stereocenters. The molecule has 0 aromatic heterocycles. The smallest absolute Gasteiger partial charge is 0.410 e. The fraction of sp³-hybridized carbons (Fsp3) is 0.500. The molecule has 1 heterocycles. The van der Waals surface area contributed by atoms with Crippen LogP contribution in [-0.4, -0.2) is 43.9 Å². The summed E-state index contributed by atoms with van der Waals surface area (Å²) < 4.78 is 46.3. The van der Waals surface area contributed by atoms with Gasteiger partial charge in [0.15, 0.2) is 0 Å². The van der Waals surface area contributed by atoms with Crippen LogP contribution >= 0.6 is 0 Å². The van der Waals surface area contributed by atoms with E-state index in [0.717, 1.165) is 18.4 Å². The number of nitriles is 1. The second kappa shape index (κ2) is 12.0. The Morgan fingerprint density at radius 1 is 1.16 bits per heavy atom. The van der Waals surface area contributed by atoms with Gasteiger partial charge < -0.3 is 9.64 Å². The Hall–Kier alpha value is -3.12. The number of anilines is 1. The maximum absolute atomic E-state index is 13.4. The zero-order valence-corrected chi connectivity index (χ0v) is 22.9. The maximum Gasteiger partial charge on any atom is 0.410 e. The van der Waals surface area contributed by atoms with E-state index in [9.17, 15) is 22.9 Å². The number of halogens is 1. The van der Waals surface area contributed by atoms with Crippen LogP contribution < -0.4 is 4.31 Å². The molecule has 3 rings (SSSR count). The van der Waals surface area contributed by atoms with Crippen molar-refractivity contribution in [2.45, 2.75) is 65.5 Å². The van der Waals surface area contributed by atoms with Crippen LogP contribution in [0.2, 0.25) is 0 Å². The molecule has 0 spiro atoms. The van der Waals surface area contributed by atoms with Crippen LogP contribution in [0, 0.1) is 23.1 Å². The van der Waals surface area contributed by atoms with Crippen LogP contribution in [-0.2, 0) is 27.7 Å². The average molecular weight is 530 g/mol. The summed E-state index contributed by atoms with van der Waals surface area (Å²) in [6.07, 6.45) is 2.42. The first kappa shape index (κ1) is 28.5. The largest absolute Gasteiger partial charge is 0.444 e.